The number of amides is 1. The molecule has 0 unspecified atom stereocenters. The molecule has 0 heterocycles. The van der Waals surface area contributed by atoms with E-state index in [9.17, 15) is 9.18 Å². The average molecular weight is 479 g/mol. The fourth-order valence-corrected chi connectivity index (χ4v) is 2.19. The van der Waals surface area contributed by atoms with Crippen LogP contribution in [0.4, 0.5) is 4.39 Å². The summed E-state index contributed by atoms with van der Waals surface area (Å²) in [5, 5.41) is 9.04. The Morgan fingerprint density at radius 1 is 1.19 bits per heavy atom. The van der Waals surface area contributed by atoms with Crippen LogP contribution in [-0.4, -0.2) is 56.0 Å². The molecular formula is C18H31FIN5O. The number of nitrogens with zero attached hydrogens (tertiary/aromatic N) is 2. The molecule has 8 heteroatoms. The fraction of sp³-hybridized carbons (Fsp3) is 0.556. The van der Waals surface area contributed by atoms with Crippen LogP contribution in [0.5, 0.6) is 0 Å². The highest BCUT2D eigenvalue weighted by atomic mass is 127. The van der Waals surface area contributed by atoms with Gasteiger partial charge in [-0.25, -0.2) is 4.39 Å². The van der Waals surface area contributed by atoms with Crippen LogP contribution in [0.15, 0.2) is 29.3 Å². The first kappa shape index (κ1) is 24.6. The first-order valence-corrected chi connectivity index (χ1v) is 8.38. The number of halogens is 2. The smallest absolute Gasteiger partial charge is 0.239 e. The van der Waals surface area contributed by atoms with E-state index in [-0.39, 0.29) is 47.8 Å². The van der Waals surface area contributed by atoms with Crippen LogP contribution >= 0.6 is 24.0 Å². The molecule has 1 aromatic rings. The van der Waals surface area contributed by atoms with Crippen molar-refractivity contribution < 1.29 is 9.18 Å². The quantitative estimate of drug-likeness (QED) is 0.318. The molecule has 26 heavy (non-hydrogen) atoms. The Balaban J connectivity index is 0.00000625. The van der Waals surface area contributed by atoms with E-state index in [1.54, 1.807) is 19.2 Å². The van der Waals surface area contributed by atoms with Crippen LogP contribution < -0.4 is 16.0 Å². The van der Waals surface area contributed by atoms with Crippen molar-refractivity contribution in [1.29, 1.82) is 0 Å². The minimum atomic E-state index is -0.251. The maximum absolute atomic E-state index is 12.9. The SMILES string of the molecule is CN=C(NCCN(C)Cc1ccc(F)cc1)NCC(=O)NC(C)(C)C.I. The summed E-state index contributed by atoms with van der Waals surface area (Å²) in [5.74, 6) is 0.279. The molecule has 0 aromatic heterocycles. The molecule has 6 nitrogen and oxygen atoms in total. The molecule has 0 spiro atoms. The number of carbonyl (C=O) groups is 1. The zero-order chi connectivity index (χ0) is 18.9. The van der Waals surface area contributed by atoms with Crippen molar-refractivity contribution in [3.8, 4) is 0 Å². The minimum Gasteiger partial charge on any atom is -0.355 e. The number of benzene rings is 1. The van der Waals surface area contributed by atoms with Crippen molar-refractivity contribution in [1.82, 2.24) is 20.9 Å². The highest BCUT2D eigenvalue weighted by Crippen LogP contribution is 2.05. The summed E-state index contributed by atoms with van der Waals surface area (Å²) in [6, 6.07) is 6.51. The van der Waals surface area contributed by atoms with Gasteiger partial charge in [-0.05, 0) is 45.5 Å². The molecule has 3 N–H and O–H groups in total. The van der Waals surface area contributed by atoms with Crippen LogP contribution in [0, 0.1) is 5.82 Å². The third-order valence-electron chi connectivity index (χ3n) is 3.31. The summed E-state index contributed by atoms with van der Waals surface area (Å²) in [4.78, 5) is 18.0. The molecule has 0 saturated carbocycles. The number of aliphatic imine (C=N–C) groups is 1. The van der Waals surface area contributed by atoms with Crippen LogP contribution in [0.3, 0.4) is 0 Å². The summed E-state index contributed by atoms with van der Waals surface area (Å²) < 4.78 is 12.9. The standard InChI is InChI=1S/C18H30FN5O.HI/c1-18(2,3)23-16(25)12-22-17(20-4)21-10-11-24(5)13-14-6-8-15(19)9-7-14;/h6-9H,10-13H2,1-5H3,(H,23,25)(H2,20,21,22);1H. The first-order chi connectivity index (χ1) is 11.7. The molecule has 0 fully saturated rings. The van der Waals surface area contributed by atoms with E-state index in [1.807, 2.05) is 27.8 Å². The normalized spacial score (nSPS) is 11.7. The summed E-state index contributed by atoms with van der Waals surface area (Å²) in [7, 11) is 3.66. The largest absolute Gasteiger partial charge is 0.355 e. The zero-order valence-electron chi connectivity index (χ0n) is 16.2. The van der Waals surface area contributed by atoms with Crippen molar-refractivity contribution in [3.05, 3.63) is 35.6 Å². The second kappa shape index (κ2) is 12.1. The van der Waals surface area contributed by atoms with E-state index in [2.05, 4.69) is 25.8 Å². The fourth-order valence-electron chi connectivity index (χ4n) is 2.19. The molecule has 0 bridgehead atoms. The maximum atomic E-state index is 12.9. The van der Waals surface area contributed by atoms with Gasteiger partial charge >= 0.3 is 0 Å². The average Bonchev–Trinajstić information content (AvgIpc) is 2.51. The van der Waals surface area contributed by atoms with E-state index in [4.69, 9.17) is 0 Å². The number of hydrogen-bond donors (Lipinski definition) is 3. The lowest BCUT2D eigenvalue weighted by Crippen LogP contribution is -2.48. The first-order valence-electron chi connectivity index (χ1n) is 8.38. The molecule has 1 aromatic carbocycles. The van der Waals surface area contributed by atoms with Crippen molar-refractivity contribution in [2.45, 2.75) is 32.9 Å². The van der Waals surface area contributed by atoms with Crippen LogP contribution in [0.2, 0.25) is 0 Å². The Labute approximate surface area is 173 Å². The lowest BCUT2D eigenvalue weighted by molar-refractivity contribution is -0.121. The van der Waals surface area contributed by atoms with Crippen LogP contribution in [-0.2, 0) is 11.3 Å². The third-order valence-corrected chi connectivity index (χ3v) is 3.31. The minimum absolute atomic E-state index is 0. The van der Waals surface area contributed by atoms with E-state index < -0.39 is 0 Å². The number of rotatable bonds is 7. The zero-order valence-corrected chi connectivity index (χ0v) is 18.6. The molecule has 148 valence electrons. The topological polar surface area (TPSA) is 68.8 Å². The number of carbonyl (C=O) groups excluding carboxylic acids is 1. The molecule has 0 aliphatic heterocycles. The van der Waals surface area contributed by atoms with Gasteiger partial charge in [0.2, 0.25) is 5.91 Å². The van der Waals surface area contributed by atoms with Crippen molar-refractivity contribution in [2.24, 2.45) is 4.99 Å². The van der Waals surface area contributed by atoms with Gasteiger partial charge in [0.05, 0.1) is 6.54 Å². The van der Waals surface area contributed by atoms with Gasteiger partial charge in [0.25, 0.3) is 0 Å². The highest BCUT2D eigenvalue weighted by molar-refractivity contribution is 14.0. The number of guanidine groups is 1. The molecule has 0 saturated heterocycles. The van der Waals surface area contributed by atoms with E-state index >= 15 is 0 Å². The van der Waals surface area contributed by atoms with Crippen LogP contribution in [0.1, 0.15) is 26.3 Å². The molecule has 1 rings (SSSR count). The van der Waals surface area contributed by atoms with Gasteiger partial charge in [-0.1, -0.05) is 12.1 Å². The predicted molar refractivity (Wildman–Crippen MR) is 115 cm³/mol. The van der Waals surface area contributed by atoms with Crippen molar-refractivity contribution >= 4 is 35.8 Å². The Morgan fingerprint density at radius 2 is 1.81 bits per heavy atom. The lowest BCUT2D eigenvalue weighted by atomic mass is 10.1. The number of likely N-dealkylation sites (N-methyl/N-ethyl adjacent to an activating group) is 1. The van der Waals surface area contributed by atoms with Gasteiger partial charge in [-0.2, -0.15) is 0 Å². The molecular weight excluding hydrogens is 448 g/mol. The second-order valence-corrected chi connectivity index (χ2v) is 7.01. The van der Waals surface area contributed by atoms with E-state index in [0.717, 1.165) is 18.7 Å². The second-order valence-electron chi connectivity index (χ2n) is 7.01. The number of nitrogens with one attached hydrogen (secondary N) is 3. The summed E-state index contributed by atoms with van der Waals surface area (Å²) in [5.41, 5.74) is 0.809. The summed E-state index contributed by atoms with van der Waals surface area (Å²) in [6.45, 7) is 8.19. The van der Waals surface area contributed by atoms with Gasteiger partial charge in [0, 0.05) is 32.2 Å². The lowest BCUT2D eigenvalue weighted by Gasteiger charge is -2.21. The van der Waals surface area contributed by atoms with Crippen molar-refractivity contribution in [2.75, 3.05) is 33.7 Å². The van der Waals surface area contributed by atoms with Crippen molar-refractivity contribution in [3.63, 3.8) is 0 Å². The van der Waals surface area contributed by atoms with Gasteiger partial charge in [0.1, 0.15) is 5.82 Å². The summed E-state index contributed by atoms with van der Waals surface area (Å²) >= 11 is 0. The number of hydrogen-bond acceptors (Lipinski definition) is 3. The van der Waals surface area contributed by atoms with E-state index in [0.29, 0.717) is 12.5 Å². The van der Waals surface area contributed by atoms with Gasteiger partial charge in [0.15, 0.2) is 5.96 Å². The highest BCUT2D eigenvalue weighted by Gasteiger charge is 2.13. The Morgan fingerprint density at radius 3 is 2.35 bits per heavy atom. The monoisotopic (exact) mass is 479 g/mol. The van der Waals surface area contributed by atoms with E-state index in [1.165, 1.54) is 12.1 Å². The molecule has 0 radical (unpaired) electrons. The Hall–Kier alpha value is -1.42. The van der Waals surface area contributed by atoms with Gasteiger partial charge < -0.3 is 20.9 Å². The Kier molecular flexibility index (Phi) is 11.4. The predicted octanol–water partition coefficient (Wildman–Crippen LogP) is 1.96. The maximum Gasteiger partial charge on any atom is 0.239 e. The molecule has 0 aliphatic rings. The van der Waals surface area contributed by atoms with Gasteiger partial charge in [-0.3, -0.25) is 9.79 Å². The van der Waals surface area contributed by atoms with Crippen LogP contribution in [0.25, 0.3) is 0 Å². The summed E-state index contributed by atoms with van der Waals surface area (Å²) in [6.07, 6.45) is 0. The third kappa shape index (κ3) is 11.2. The van der Waals surface area contributed by atoms with Gasteiger partial charge in [-0.15, -0.1) is 24.0 Å². The Bertz CT molecular complexity index is 572. The molecule has 1 amide bonds. The molecule has 0 aliphatic carbocycles. The molecule has 0 atom stereocenters.